The van der Waals surface area contributed by atoms with Crippen LogP contribution in [-0.4, -0.2) is 59.2 Å². The van der Waals surface area contributed by atoms with Crippen LogP contribution in [0.5, 0.6) is 0 Å². The van der Waals surface area contributed by atoms with Crippen molar-refractivity contribution in [3.8, 4) is 5.69 Å². The van der Waals surface area contributed by atoms with Crippen LogP contribution in [0.25, 0.3) is 5.69 Å². The van der Waals surface area contributed by atoms with Gasteiger partial charge >= 0.3 is 0 Å². The van der Waals surface area contributed by atoms with Gasteiger partial charge in [0.25, 0.3) is 5.91 Å². The predicted octanol–water partition coefficient (Wildman–Crippen LogP) is 2.74. The van der Waals surface area contributed by atoms with Crippen LogP contribution in [0.2, 0.25) is 5.02 Å². The van der Waals surface area contributed by atoms with E-state index < -0.39 is 5.91 Å². The van der Waals surface area contributed by atoms with Crippen molar-refractivity contribution in [3.63, 3.8) is 0 Å². The number of benzene rings is 2. The molecule has 1 aliphatic rings. The van der Waals surface area contributed by atoms with Gasteiger partial charge in [-0.3, -0.25) is 9.59 Å². The Morgan fingerprint density at radius 3 is 2.48 bits per heavy atom. The smallest absolute Gasteiger partial charge is 0.272 e. The van der Waals surface area contributed by atoms with Gasteiger partial charge in [0.1, 0.15) is 5.82 Å². The molecule has 0 unspecified atom stereocenters. The normalized spacial score (nSPS) is 13.9. The van der Waals surface area contributed by atoms with Gasteiger partial charge < -0.3 is 15.1 Å². The molecule has 1 N–H and O–H groups in total. The SMILES string of the molecule is O=C(NCC(=O)N1CCN(c2cccc(Cl)c2)CC1)c1ccn(-c2cccc(F)c2)n1. The van der Waals surface area contributed by atoms with E-state index in [1.807, 2.05) is 24.3 Å². The van der Waals surface area contributed by atoms with Gasteiger partial charge in [-0.1, -0.05) is 23.7 Å². The Bertz CT molecular complexity index is 1090. The molecule has 1 aromatic heterocycles. The highest BCUT2D eigenvalue weighted by Gasteiger charge is 2.22. The molecule has 1 saturated heterocycles. The summed E-state index contributed by atoms with van der Waals surface area (Å²) in [5.41, 5.74) is 1.69. The van der Waals surface area contributed by atoms with Crippen molar-refractivity contribution in [2.75, 3.05) is 37.6 Å². The molecule has 7 nitrogen and oxygen atoms in total. The number of amides is 2. The molecule has 2 aromatic carbocycles. The highest BCUT2D eigenvalue weighted by Crippen LogP contribution is 2.20. The number of rotatable bonds is 5. The minimum absolute atomic E-state index is 0.108. The predicted molar refractivity (Wildman–Crippen MR) is 116 cm³/mol. The van der Waals surface area contributed by atoms with E-state index in [0.29, 0.717) is 36.9 Å². The largest absolute Gasteiger partial charge is 0.368 e. The monoisotopic (exact) mass is 441 g/mol. The zero-order valence-corrected chi connectivity index (χ0v) is 17.4. The molecule has 2 heterocycles. The third-order valence-electron chi connectivity index (χ3n) is 5.10. The Hall–Kier alpha value is -3.39. The number of carbonyl (C=O) groups excluding carboxylic acids is 2. The van der Waals surface area contributed by atoms with Gasteiger partial charge in [-0.25, -0.2) is 9.07 Å². The number of aromatic nitrogens is 2. The third kappa shape index (κ3) is 5.03. The van der Waals surface area contributed by atoms with E-state index in [1.54, 1.807) is 23.2 Å². The van der Waals surface area contributed by atoms with Gasteiger partial charge in [-0.15, -0.1) is 0 Å². The molecule has 0 atom stereocenters. The summed E-state index contributed by atoms with van der Waals surface area (Å²) >= 11 is 6.05. The lowest BCUT2D eigenvalue weighted by atomic mass is 10.2. The summed E-state index contributed by atoms with van der Waals surface area (Å²) in [6.07, 6.45) is 1.57. The summed E-state index contributed by atoms with van der Waals surface area (Å²) in [5, 5.41) is 7.45. The van der Waals surface area contributed by atoms with E-state index >= 15 is 0 Å². The van der Waals surface area contributed by atoms with E-state index in [9.17, 15) is 14.0 Å². The second-order valence-electron chi connectivity index (χ2n) is 7.16. The van der Waals surface area contributed by atoms with Gasteiger partial charge in [0, 0.05) is 43.1 Å². The number of hydrogen-bond donors (Lipinski definition) is 1. The molecule has 1 fully saturated rings. The molecular formula is C22H21ClFN5O2. The summed E-state index contributed by atoms with van der Waals surface area (Å²) in [4.78, 5) is 28.8. The van der Waals surface area contributed by atoms with Crippen molar-refractivity contribution >= 4 is 29.1 Å². The zero-order chi connectivity index (χ0) is 21.8. The van der Waals surface area contributed by atoms with Crippen molar-refractivity contribution in [1.29, 1.82) is 0 Å². The van der Waals surface area contributed by atoms with Crippen molar-refractivity contribution < 1.29 is 14.0 Å². The molecule has 9 heteroatoms. The van der Waals surface area contributed by atoms with Crippen LogP contribution >= 0.6 is 11.6 Å². The Morgan fingerprint density at radius 2 is 1.74 bits per heavy atom. The first-order valence-electron chi connectivity index (χ1n) is 9.88. The molecule has 3 aromatic rings. The number of anilines is 1. The van der Waals surface area contributed by atoms with Crippen LogP contribution in [0.3, 0.4) is 0 Å². The van der Waals surface area contributed by atoms with Crippen molar-refractivity contribution in [2.45, 2.75) is 0 Å². The Balaban J connectivity index is 1.28. The van der Waals surface area contributed by atoms with Gasteiger partial charge in [-0.2, -0.15) is 5.10 Å². The number of piperazine rings is 1. The molecule has 0 saturated carbocycles. The highest BCUT2D eigenvalue weighted by atomic mass is 35.5. The topological polar surface area (TPSA) is 70.5 Å². The molecule has 0 spiro atoms. The number of nitrogens with zero attached hydrogens (tertiary/aromatic N) is 4. The average Bonchev–Trinajstić information content (AvgIpc) is 3.28. The fraction of sp³-hybridized carbons (Fsp3) is 0.227. The number of hydrogen-bond acceptors (Lipinski definition) is 4. The molecule has 0 aliphatic carbocycles. The Labute approximate surface area is 184 Å². The van der Waals surface area contributed by atoms with E-state index in [-0.39, 0.29) is 24.0 Å². The molecule has 1 aliphatic heterocycles. The van der Waals surface area contributed by atoms with Gasteiger partial charge in [0.15, 0.2) is 5.69 Å². The van der Waals surface area contributed by atoms with Crippen LogP contribution in [0, 0.1) is 5.82 Å². The lowest BCUT2D eigenvalue weighted by Gasteiger charge is -2.36. The molecule has 4 rings (SSSR count). The summed E-state index contributed by atoms with van der Waals surface area (Å²) in [5.74, 6) is -0.996. The Kier molecular flexibility index (Phi) is 6.18. The van der Waals surface area contributed by atoms with Gasteiger partial charge in [0.2, 0.25) is 5.91 Å². The fourth-order valence-electron chi connectivity index (χ4n) is 3.45. The van der Waals surface area contributed by atoms with E-state index in [1.165, 1.54) is 22.9 Å². The summed E-state index contributed by atoms with van der Waals surface area (Å²) < 4.78 is 14.8. The van der Waals surface area contributed by atoms with Crippen molar-refractivity contribution in [2.24, 2.45) is 0 Å². The standard InChI is InChI=1S/C22H21ClFN5O2/c23-16-3-1-5-18(13-16)27-9-11-28(12-10-27)21(30)15-25-22(31)20-7-8-29(26-20)19-6-2-4-17(24)14-19/h1-8,13-14H,9-12,15H2,(H,25,31). The maximum absolute atomic E-state index is 13.4. The summed E-state index contributed by atoms with van der Waals surface area (Å²) in [6.45, 7) is 2.41. The van der Waals surface area contributed by atoms with Gasteiger partial charge in [0.05, 0.1) is 12.2 Å². The lowest BCUT2D eigenvalue weighted by Crippen LogP contribution is -2.51. The second-order valence-corrected chi connectivity index (χ2v) is 7.59. The van der Waals surface area contributed by atoms with Crippen LogP contribution in [0.1, 0.15) is 10.5 Å². The van der Waals surface area contributed by atoms with E-state index in [4.69, 9.17) is 11.6 Å². The van der Waals surface area contributed by atoms with Crippen LogP contribution < -0.4 is 10.2 Å². The molecule has 0 radical (unpaired) electrons. The maximum atomic E-state index is 13.4. The first-order valence-corrected chi connectivity index (χ1v) is 10.3. The Morgan fingerprint density at radius 1 is 1.00 bits per heavy atom. The van der Waals surface area contributed by atoms with Crippen molar-refractivity contribution in [1.82, 2.24) is 20.0 Å². The second kappa shape index (κ2) is 9.18. The fourth-order valence-corrected chi connectivity index (χ4v) is 3.64. The average molecular weight is 442 g/mol. The summed E-state index contributed by atoms with van der Waals surface area (Å²) in [7, 11) is 0. The maximum Gasteiger partial charge on any atom is 0.272 e. The minimum Gasteiger partial charge on any atom is -0.368 e. The quantitative estimate of drug-likeness (QED) is 0.661. The first kappa shape index (κ1) is 20.9. The number of carbonyl (C=O) groups is 2. The highest BCUT2D eigenvalue weighted by molar-refractivity contribution is 6.30. The molecular weight excluding hydrogens is 421 g/mol. The summed E-state index contributed by atoms with van der Waals surface area (Å²) in [6, 6.07) is 15.1. The number of nitrogens with one attached hydrogen (secondary N) is 1. The van der Waals surface area contributed by atoms with Crippen LogP contribution in [0.4, 0.5) is 10.1 Å². The molecule has 2 amide bonds. The van der Waals surface area contributed by atoms with E-state index in [0.717, 1.165) is 5.69 Å². The minimum atomic E-state index is -0.457. The van der Waals surface area contributed by atoms with Crippen LogP contribution in [-0.2, 0) is 4.79 Å². The number of halogens is 2. The first-order chi connectivity index (χ1) is 15.0. The third-order valence-corrected chi connectivity index (χ3v) is 5.34. The molecule has 160 valence electrons. The molecule has 31 heavy (non-hydrogen) atoms. The van der Waals surface area contributed by atoms with Gasteiger partial charge in [-0.05, 0) is 42.5 Å². The zero-order valence-electron chi connectivity index (χ0n) is 16.7. The lowest BCUT2D eigenvalue weighted by molar-refractivity contribution is -0.130. The molecule has 0 bridgehead atoms. The van der Waals surface area contributed by atoms with E-state index in [2.05, 4.69) is 15.3 Å². The van der Waals surface area contributed by atoms with Crippen molar-refractivity contribution in [3.05, 3.63) is 77.3 Å². The van der Waals surface area contributed by atoms with Crippen LogP contribution in [0.15, 0.2) is 60.8 Å².